The van der Waals surface area contributed by atoms with Gasteiger partial charge in [-0.2, -0.15) is 0 Å². The number of aliphatic hydroxyl groups excluding tert-OH is 1. The third kappa shape index (κ3) is 5.14. The van der Waals surface area contributed by atoms with Crippen LogP contribution in [0, 0.1) is 0 Å². The molecule has 0 radical (unpaired) electrons. The third-order valence-electron chi connectivity index (χ3n) is 4.38. The molecule has 164 valence electrons. The summed E-state index contributed by atoms with van der Waals surface area (Å²) in [6.45, 7) is 4.03. The van der Waals surface area contributed by atoms with Crippen molar-refractivity contribution >= 4 is 23.7 Å². The van der Waals surface area contributed by atoms with Gasteiger partial charge in [0.25, 0.3) is 5.60 Å². The number of ether oxygens (including phenoxy) is 5. The molecule has 0 unspecified atom stereocenters. The van der Waals surface area contributed by atoms with Gasteiger partial charge in [0, 0.05) is 20.8 Å². The van der Waals surface area contributed by atoms with Crippen LogP contribution >= 0.6 is 0 Å². The first-order valence-corrected chi connectivity index (χ1v) is 9.14. The largest absolute Gasteiger partial charge is 0.470 e. The molecule has 1 saturated heterocycles. The Labute approximate surface area is 173 Å². The lowest BCUT2D eigenvalue weighted by atomic mass is 9.82. The number of ketones is 1. The van der Waals surface area contributed by atoms with Gasteiger partial charge in [0.1, 0.15) is 18.5 Å². The lowest BCUT2D eigenvalue weighted by Crippen LogP contribution is -2.73. The molecule has 0 spiro atoms. The molecular formula is C20H24O10. The molecule has 10 nitrogen and oxygen atoms in total. The second-order valence-corrected chi connectivity index (χ2v) is 6.70. The Balaban J connectivity index is 2.56. The van der Waals surface area contributed by atoms with E-state index in [2.05, 4.69) is 0 Å². The van der Waals surface area contributed by atoms with E-state index in [4.69, 9.17) is 23.7 Å². The number of hydrogen-bond acceptors (Lipinski definition) is 10. The lowest BCUT2D eigenvalue weighted by Gasteiger charge is -2.49. The van der Waals surface area contributed by atoms with E-state index in [9.17, 15) is 24.3 Å². The fourth-order valence-corrected chi connectivity index (χ4v) is 3.16. The first-order chi connectivity index (χ1) is 14.1. The van der Waals surface area contributed by atoms with Crippen molar-refractivity contribution in [1.29, 1.82) is 0 Å². The van der Waals surface area contributed by atoms with E-state index in [1.54, 1.807) is 18.2 Å². The van der Waals surface area contributed by atoms with Gasteiger partial charge in [-0.25, -0.2) is 0 Å². The highest BCUT2D eigenvalue weighted by atomic mass is 16.7. The predicted molar refractivity (Wildman–Crippen MR) is 99.1 cm³/mol. The van der Waals surface area contributed by atoms with Crippen molar-refractivity contribution in [3.63, 3.8) is 0 Å². The molecule has 1 N–H and O–H groups in total. The van der Waals surface area contributed by atoms with Crippen LogP contribution in [0.5, 0.6) is 5.75 Å². The molecule has 5 atom stereocenters. The fourth-order valence-electron chi connectivity index (χ4n) is 3.16. The van der Waals surface area contributed by atoms with Gasteiger partial charge in [0.05, 0.1) is 0 Å². The van der Waals surface area contributed by atoms with Gasteiger partial charge in [0.15, 0.2) is 18.0 Å². The predicted octanol–water partition coefficient (Wildman–Crippen LogP) is 0.537. The fraction of sp³-hybridized carbons (Fsp3) is 0.500. The summed E-state index contributed by atoms with van der Waals surface area (Å²) < 4.78 is 26.8. The average Bonchev–Trinajstić information content (AvgIpc) is 2.65. The quantitative estimate of drug-likeness (QED) is 0.488. The number of carbonyl (C=O) groups is 4. The minimum Gasteiger partial charge on any atom is -0.470 e. The highest BCUT2D eigenvalue weighted by Gasteiger charge is 2.64. The monoisotopic (exact) mass is 424 g/mol. The van der Waals surface area contributed by atoms with Gasteiger partial charge in [0.2, 0.25) is 6.29 Å². The molecule has 10 heteroatoms. The molecule has 0 amide bonds. The van der Waals surface area contributed by atoms with Crippen LogP contribution in [-0.2, 0) is 38.1 Å². The zero-order valence-corrected chi connectivity index (χ0v) is 17.0. The number of hydrogen-bond donors (Lipinski definition) is 1. The summed E-state index contributed by atoms with van der Waals surface area (Å²) in [5.74, 6) is -2.81. The van der Waals surface area contributed by atoms with Crippen LogP contribution < -0.4 is 4.74 Å². The second kappa shape index (κ2) is 9.68. The Hall–Kier alpha value is -2.98. The Bertz CT molecular complexity index is 792. The molecule has 1 aliphatic rings. The van der Waals surface area contributed by atoms with E-state index >= 15 is 0 Å². The van der Waals surface area contributed by atoms with Crippen molar-refractivity contribution < 1.29 is 48.0 Å². The van der Waals surface area contributed by atoms with Crippen LogP contribution in [0.3, 0.4) is 0 Å². The molecule has 1 aromatic rings. The Morgan fingerprint density at radius 2 is 1.57 bits per heavy atom. The summed E-state index contributed by atoms with van der Waals surface area (Å²) in [5, 5.41) is 10.8. The van der Waals surface area contributed by atoms with Gasteiger partial charge in [-0.1, -0.05) is 18.2 Å². The molecule has 1 aromatic carbocycles. The van der Waals surface area contributed by atoms with Crippen molar-refractivity contribution in [1.82, 2.24) is 0 Å². The van der Waals surface area contributed by atoms with Crippen LogP contribution in [0.15, 0.2) is 30.3 Å². The van der Waals surface area contributed by atoms with Gasteiger partial charge < -0.3 is 28.8 Å². The molecular weight excluding hydrogens is 400 g/mol. The number of benzene rings is 1. The summed E-state index contributed by atoms with van der Waals surface area (Å²) in [6, 6.07) is 8.02. The third-order valence-corrected chi connectivity index (χ3v) is 4.38. The second-order valence-electron chi connectivity index (χ2n) is 6.70. The van der Waals surface area contributed by atoms with Gasteiger partial charge in [-0.3, -0.25) is 19.2 Å². The standard InChI is InChI=1S/C20H24O10/c1-11(21)20(30-15-8-6-5-7-9-15)18(28-14(4)24)17(27-13(3)23)16(29-19(20)25)10-26-12(2)22/h5-9,16-19,25H,10H2,1-4H3/t16-,17+,18+,19-,20-/m1/s1. The maximum Gasteiger partial charge on any atom is 0.303 e. The molecule has 0 saturated carbocycles. The maximum atomic E-state index is 12.7. The topological polar surface area (TPSA) is 135 Å². The number of Topliss-reactive ketones (excluding diaryl/α,β-unsaturated/α-hetero) is 1. The van der Waals surface area contributed by atoms with Crippen LogP contribution in [0.2, 0.25) is 0 Å². The van der Waals surface area contributed by atoms with Crippen molar-refractivity contribution in [3.8, 4) is 5.75 Å². The molecule has 0 bridgehead atoms. The van der Waals surface area contributed by atoms with Crippen LogP contribution in [-0.4, -0.2) is 65.6 Å². The normalized spacial score (nSPS) is 28.2. The number of para-hydroxylation sites is 1. The lowest BCUT2D eigenvalue weighted by molar-refractivity contribution is -0.313. The number of esters is 3. The highest BCUT2D eigenvalue weighted by molar-refractivity contribution is 5.87. The van der Waals surface area contributed by atoms with Crippen LogP contribution in [0.25, 0.3) is 0 Å². The SMILES string of the molecule is CC(=O)OC[C@H]1O[C@@H](O)[C@@](Oc2ccccc2)(C(C)=O)[C@@H](OC(C)=O)[C@H]1OC(C)=O. The van der Waals surface area contributed by atoms with Crippen molar-refractivity contribution in [2.24, 2.45) is 0 Å². The van der Waals surface area contributed by atoms with Gasteiger partial charge in [-0.05, 0) is 19.1 Å². The summed E-state index contributed by atoms with van der Waals surface area (Å²) in [7, 11) is 0. The minimum atomic E-state index is -2.25. The number of carbonyl (C=O) groups excluding carboxylic acids is 4. The van der Waals surface area contributed by atoms with Crippen molar-refractivity contribution in [2.75, 3.05) is 6.61 Å². The molecule has 2 rings (SSSR count). The van der Waals surface area contributed by atoms with E-state index < -0.39 is 60.5 Å². The summed E-state index contributed by atoms with van der Waals surface area (Å²) >= 11 is 0. The zero-order valence-electron chi connectivity index (χ0n) is 17.0. The molecule has 0 aliphatic carbocycles. The van der Waals surface area contributed by atoms with Gasteiger partial charge >= 0.3 is 17.9 Å². The van der Waals surface area contributed by atoms with Crippen molar-refractivity contribution in [2.45, 2.75) is 57.9 Å². The molecule has 1 heterocycles. The smallest absolute Gasteiger partial charge is 0.303 e. The van der Waals surface area contributed by atoms with Crippen LogP contribution in [0.4, 0.5) is 0 Å². The zero-order chi connectivity index (χ0) is 22.5. The molecule has 1 aliphatic heterocycles. The molecule has 1 fully saturated rings. The van der Waals surface area contributed by atoms with E-state index in [0.29, 0.717) is 0 Å². The Morgan fingerprint density at radius 1 is 0.967 bits per heavy atom. The first kappa shape index (κ1) is 23.3. The Kier molecular flexibility index (Phi) is 7.52. The maximum absolute atomic E-state index is 12.7. The van der Waals surface area contributed by atoms with E-state index in [-0.39, 0.29) is 5.75 Å². The summed E-state index contributed by atoms with van der Waals surface area (Å²) in [5.41, 5.74) is -2.25. The minimum absolute atomic E-state index is 0.174. The highest BCUT2D eigenvalue weighted by Crippen LogP contribution is 2.38. The summed E-state index contributed by atoms with van der Waals surface area (Å²) in [4.78, 5) is 47.6. The number of rotatable bonds is 7. The van der Waals surface area contributed by atoms with E-state index in [0.717, 1.165) is 27.7 Å². The average molecular weight is 424 g/mol. The van der Waals surface area contributed by atoms with Crippen LogP contribution in [0.1, 0.15) is 27.7 Å². The van der Waals surface area contributed by atoms with E-state index in [1.807, 2.05) is 0 Å². The summed E-state index contributed by atoms with van der Waals surface area (Å²) in [6.07, 6.45) is -6.18. The van der Waals surface area contributed by atoms with E-state index in [1.165, 1.54) is 12.1 Å². The molecule has 30 heavy (non-hydrogen) atoms. The first-order valence-electron chi connectivity index (χ1n) is 9.14. The van der Waals surface area contributed by atoms with Crippen molar-refractivity contribution in [3.05, 3.63) is 30.3 Å². The Morgan fingerprint density at radius 3 is 2.07 bits per heavy atom. The van der Waals surface area contributed by atoms with Gasteiger partial charge in [-0.15, -0.1) is 0 Å². The molecule has 0 aromatic heterocycles. The number of aliphatic hydroxyl groups is 1.